The van der Waals surface area contributed by atoms with Crippen LogP contribution in [0.1, 0.15) is 0 Å². The van der Waals surface area contributed by atoms with Crippen molar-refractivity contribution in [2.45, 2.75) is 0 Å². The van der Waals surface area contributed by atoms with Gasteiger partial charge in [0.15, 0.2) is 0 Å². The van der Waals surface area contributed by atoms with Crippen molar-refractivity contribution in [2.75, 3.05) is 85.5 Å². The van der Waals surface area contributed by atoms with E-state index in [1.54, 1.807) is 25.4 Å². The number of carbonyl (C=O) groups excluding carboxylic acids is 1. The molecule has 3 aromatic carbocycles. The fourth-order valence-corrected chi connectivity index (χ4v) is 5.37. The van der Waals surface area contributed by atoms with Gasteiger partial charge in [0, 0.05) is 60.2 Å². The Morgan fingerprint density at radius 3 is 2.22 bits per heavy atom. The number of ether oxygens (including phenoxy) is 3. The fourth-order valence-electron chi connectivity index (χ4n) is 5.37. The summed E-state index contributed by atoms with van der Waals surface area (Å²) < 4.78 is 16.8. The highest BCUT2D eigenvalue weighted by molar-refractivity contribution is 5.99. The van der Waals surface area contributed by atoms with Crippen LogP contribution in [0.25, 0.3) is 11.3 Å². The maximum Gasteiger partial charge on any atom is 0.247 e. The fraction of sp³-hybridized carbons (Fsp3) is 0.265. The lowest BCUT2D eigenvalue weighted by atomic mass is 10.1. The number of hydrogen-bond donors (Lipinski definition) is 3. The first kappa shape index (κ1) is 29.9. The number of aromatic nitrogens is 2. The molecule has 0 unspecified atom stereocenters. The zero-order valence-electron chi connectivity index (χ0n) is 25.3. The van der Waals surface area contributed by atoms with Gasteiger partial charge >= 0.3 is 0 Å². The number of hydrogen-bond acceptors (Lipinski definition) is 10. The Kier molecular flexibility index (Phi) is 9.38. The molecule has 0 radical (unpaired) electrons. The van der Waals surface area contributed by atoms with Gasteiger partial charge < -0.3 is 40.0 Å². The summed E-state index contributed by atoms with van der Waals surface area (Å²) in [5, 5.41) is 9.70. The van der Waals surface area contributed by atoms with E-state index in [4.69, 9.17) is 19.2 Å². The Morgan fingerprint density at radius 1 is 0.844 bits per heavy atom. The van der Waals surface area contributed by atoms with Crippen LogP contribution in [0.3, 0.4) is 0 Å². The lowest BCUT2D eigenvalue weighted by molar-refractivity contribution is -0.111. The Bertz CT molecular complexity index is 1630. The molecular formula is C34H37N7O4. The number of methoxy groups -OCH3 is 1. The van der Waals surface area contributed by atoms with Gasteiger partial charge in [-0.15, -0.1) is 0 Å². The van der Waals surface area contributed by atoms with Crippen molar-refractivity contribution >= 4 is 46.0 Å². The minimum atomic E-state index is -0.310. The molecule has 6 rings (SSSR count). The normalized spacial score (nSPS) is 14.9. The van der Waals surface area contributed by atoms with Gasteiger partial charge in [-0.05, 0) is 66.7 Å². The minimum Gasteiger partial charge on any atom is -0.496 e. The monoisotopic (exact) mass is 607 g/mol. The molecule has 4 aromatic rings. The van der Waals surface area contributed by atoms with Gasteiger partial charge in [0.1, 0.15) is 11.4 Å². The lowest BCUT2D eigenvalue weighted by Crippen LogP contribution is -2.36. The third-order valence-electron chi connectivity index (χ3n) is 7.70. The molecular weight excluding hydrogens is 570 g/mol. The highest BCUT2D eigenvalue weighted by atomic mass is 16.5. The van der Waals surface area contributed by atoms with Gasteiger partial charge in [-0.3, -0.25) is 4.79 Å². The predicted molar refractivity (Wildman–Crippen MR) is 178 cm³/mol. The molecule has 11 nitrogen and oxygen atoms in total. The van der Waals surface area contributed by atoms with Crippen molar-refractivity contribution in [3.63, 3.8) is 0 Å². The number of nitrogens with one attached hydrogen (secondary N) is 3. The summed E-state index contributed by atoms with van der Waals surface area (Å²) in [6.45, 7) is 9.86. The molecule has 1 aromatic heterocycles. The second-order valence-electron chi connectivity index (χ2n) is 10.6. The first-order valence-corrected chi connectivity index (χ1v) is 15.0. The molecule has 3 N–H and O–H groups in total. The molecule has 0 spiro atoms. The second kappa shape index (κ2) is 14.1. The first-order chi connectivity index (χ1) is 22.1. The lowest BCUT2D eigenvalue weighted by Gasteiger charge is -2.29. The maximum atomic E-state index is 12.1. The van der Waals surface area contributed by atoms with Crippen molar-refractivity contribution in [1.29, 1.82) is 0 Å². The Balaban J connectivity index is 1.33. The van der Waals surface area contributed by atoms with Gasteiger partial charge in [0.25, 0.3) is 0 Å². The van der Waals surface area contributed by atoms with Crippen LogP contribution in [0.15, 0.2) is 85.6 Å². The molecule has 1 amide bonds. The number of amides is 1. The average molecular weight is 608 g/mol. The molecule has 3 heterocycles. The van der Waals surface area contributed by atoms with E-state index in [0.717, 1.165) is 62.1 Å². The van der Waals surface area contributed by atoms with Gasteiger partial charge in [-0.1, -0.05) is 12.6 Å². The van der Waals surface area contributed by atoms with Crippen LogP contribution in [0.4, 0.5) is 40.1 Å². The number of carbonyl (C=O) groups is 1. The maximum absolute atomic E-state index is 12.1. The van der Waals surface area contributed by atoms with Gasteiger partial charge in [0.2, 0.25) is 11.9 Å². The third-order valence-corrected chi connectivity index (χ3v) is 7.70. The highest BCUT2D eigenvalue weighted by Gasteiger charge is 2.18. The summed E-state index contributed by atoms with van der Waals surface area (Å²) in [7, 11) is 1.61. The highest BCUT2D eigenvalue weighted by Crippen LogP contribution is 2.38. The van der Waals surface area contributed by atoms with Crippen molar-refractivity contribution in [2.24, 2.45) is 0 Å². The number of morpholine rings is 2. The number of rotatable bonds is 10. The van der Waals surface area contributed by atoms with E-state index in [-0.39, 0.29) is 5.91 Å². The molecule has 2 aliphatic heterocycles. The molecule has 2 fully saturated rings. The van der Waals surface area contributed by atoms with Gasteiger partial charge in [-0.2, -0.15) is 0 Å². The molecule has 2 saturated heterocycles. The van der Waals surface area contributed by atoms with Crippen molar-refractivity contribution in [3.05, 3.63) is 85.6 Å². The first-order valence-electron chi connectivity index (χ1n) is 15.0. The van der Waals surface area contributed by atoms with E-state index >= 15 is 0 Å². The molecule has 0 saturated carbocycles. The predicted octanol–water partition coefficient (Wildman–Crippen LogP) is 5.44. The van der Waals surface area contributed by atoms with E-state index in [9.17, 15) is 4.79 Å². The zero-order valence-corrected chi connectivity index (χ0v) is 25.3. The number of anilines is 7. The molecule has 232 valence electrons. The SMILES string of the molecule is C=CC(=O)Nc1ccc(OC)c(-c2nc(Nc3cccc(N4CCOCC4)c3)ncc2Nc2ccc(N3CCOCC3)cc2)c1. The summed E-state index contributed by atoms with van der Waals surface area (Å²) in [4.78, 5) is 26.3. The third kappa shape index (κ3) is 7.34. The van der Waals surface area contributed by atoms with Gasteiger partial charge in [-0.25, -0.2) is 9.97 Å². The molecule has 0 atom stereocenters. The van der Waals surface area contributed by atoms with Crippen LogP contribution in [0.2, 0.25) is 0 Å². The van der Waals surface area contributed by atoms with E-state index < -0.39 is 0 Å². The Labute approximate surface area is 262 Å². The number of nitrogens with zero attached hydrogens (tertiary/aromatic N) is 4. The number of benzene rings is 3. The van der Waals surface area contributed by atoms with Crippen molar-refractivity contribution in [1.82, 2.24) is 9.97 Å². The minimum absolute atomic E-state index is 0.310. The molecule has 0 bridgehead atoms. The largest absolute Gasteiger partial charge is 0.496 e. The summed E-state index contributed by atoms with van der Waals surface area (Å²) in [5.41, 5.74) is 6.53. The second-order valence-corrected chi connectivity index (χ2v) is 10.6. The molecule has 11 heteroatoms. The Hall–Kier alpha value is -5.13. The van der Waals surface area contributed by atoms with E-state index in [1.165, 1.54) is 6.08 Å². The van der Waals surface area contributed by atoms with Crippen LogP contribution in [-0.4, -0.2) is 75.6 Å². The van der Waals surface area contributed by atoms with Crippen LogP contribution >= 0.6 is 0 Å². The van der Waals surface area contributed by atoms with E-state index in [0.29, 0.717) is 47.5 Å². The van der Waals surface area contributed by atoms with Gasteiger partial charge in [0.05, 0.1) is 45.4 Å². The van der Waals surface area contributed by atoms with Crippen LogP contribution in [-0.2, 0) is 14.3 Å². The quantitative estimate of drug-likeness (QED) is 0.202. The van der Waals surface area contributed by atoms with Crippen molar-refractivity contribution in [3.8, 4) is 17.0 Å². The molecule has 0 aliphatic carbocycles. The summed E-state index contributed by atoms with van der Waals surface area (Å²) in [6.07, 6.45) is 2.98. The van der Waals surface area contributed by atoms with E-state index in [1.807, 2.05) is 30.3 Å². The van der Waals surface area contributed by atoms with Crippen LogP contribution in [0.5, 0.6) is 5.75 Å². The summed E-state index contributed by atoms with van der Waals surface area (Å²) in [5.74, 6) is 0.700. The Morgan fingerprint density at radius 2 is 1.53 bits per heavy atom. The van der Waals surface area contributed by atoms with E-state index in [2.05, 4.69) is 61.6 Å². The van der Waals surface area contributed by atoms with Crippen molar-refractivity contribution < 1.29 is 19.0 Å². The average Bonchev–Trinajstić information content (AvgIpc) is 3.10. The summed E-state index contributed by atoms with van der Waals surface area (Å²) in [6, 6.07) is 21.9. The molecule has 45 heavy (non-hydrogen) atoms. The topological polar surface area (TPSA) is 113 Å². The zero-order chi connectivity index (χ0) is 31.0. The smallest absolute Gasteiger partial charge is 0.247 e. The standard InChI is InChI=1S/C34H37N7O4/c1-3-32(42)37-26-9-12-31(43-2)29(22-26)33-30(36-24-7-10-27(11-8-24)40-13-17-44-18-14-40)23-35-34(39-33)38-25-5-4-6-28(21-25)41-15-19-45-20-16-41/h3-12,21-23,36H,1,13-20H2,2H3,(H,37,42)(H,35,38,39). The molecule has 2 aliphatic rings. The van der Waals surface area contributed by atoms with Crippen LogP contribution in [0, 0.1) is 0 Å². The van der Waals surface area contributed by atoms with Crippen LogP contribution < -0.4 is 30.5 Å². The summed E-state index contributed by atoms with van der Waals surface area (Å²) >= 11 is 0.